The van der Waals surface area contributed by atoms with E-state index < -0.39 is 17.9 Å². The van der Waals surface area contributed by atoms with Gasteiger partial charge in [0, 0.05) is 6.20 Å². The van der Waals surface area contributed by atoms with Crippen molar-refractivity contribution in [3.05, 3.63) is 75.5 Å². The van der Waals surface area contributed by atoms with E-state index in [2.05, 4.69) is 36.1 Å². The Morgan fingerprint density at radius 1 is 1.15 bits per heavy atom. The molecule has 16 heteroatoms. The molecular formula is C24H21ClF3N9O3. The molecule has 3 aromatic heterocycles. The van der Waals surface area contributed by atoms with E-state index in [-0.39, 0.29) is 52.0 Å². The first-order chi connectivity index (χ1) is 19.0. The standard InChI is InChI=1S/C24H21ClF3N9O3/c1-12-6-13(2)19(16(7-12)21(38)30-15-10-40-11-15)31-22(39)18-8-14(9-36-34-23(32-35-36)24(26,27)28)33-37(18)20-17(25)4-3-5-29-20/h3-8,15H,9-11H2,1-2H3,(H,30,38)(H,31,39). The second-order valence-corrected chi connectivity index (χ2v) is 9.46. The topological polar surface area (TPSA) is 142 Å². The normalized spacial score (nSPS) is 13.7. The summed E-state index contributed by atoms with van der Waals surface area (Å²) in [4.78, 5) is 31.6. The van der Waals surface area contributed by atoms with Crippen molar-refractivity contribution < 1.29 is 27.5 Å². The molecular weight excluding hydrogens is 555 g/mol. The number of anilines is 1. The monoisotopic (exact) mass is 575 g/mol. The number of nitrogens with one attached hydrogen (secondary N) is 2. The Labute approximate surface area is 229 Å². The molecule has 0 aliphatic carbocycles. The molecule has 0 unspecified atom stereocenters. The van der Waals surface area contributed by atoms with Gasteiger partial charge in [-0.3, -0.25) is 9.59 Å². The summed E-state index contributed by atoms with van der Waals surface area (Å²) in [6.07, 6.45) is -3.33. The second-order valence-electron chi connectivity index (χ2n) is 9.05. The molecule has 1 fully saturated rings. The molecule has 1 aromatic carbocycles. The summed E-state index contributed by atoms with van der Waals surface area (Å²) in [6, 6.07) is 7.80. The average molecular weight is 576 g/mol. The van der Waals surface area contributed by atoms with Gasteiger partial charge < -0.3 is 15.4 Å². The van der Waals surface area contributed by atoms with Crippen molar-refractivity contribution in [2.75, 3.05) is 18.5 Å². The Morgan fingerprint density at radius 2 is 1.93 bits per heavy atom. The van der Waals surface area contributed by atoms with Crippen LogP contribution in [-0.2, 0) is 17.5 Å². The molecule has 208 valence electrons. The van der Waals surface area contributed by atoms with Crippen LogP contribution in [0, 0.1) is 13.8 Å². The molecule has 0 radical (unpaired) electrons. The summed E-state index contributed by atoms with van der Waals surface area (Å²) in [5.74, 6) is -2.36. The minimum atomic E-state index is -4.77. The highest BCUT2D eigenvalue weighted by Gasteiger charge is 2.37. The van der Waals surface area contributed by atoms with Crippen LogP contribution in [0.1, 0.15) is 43.5 Å². The van der Waals surface area contributed by atoms with Crippen LogP contribution in [-0.4, -0.2) is 66.0 Å². The van der Waals surface area contributed by atoms with Crippen LogP contribution in [0.3, 0.4) is 0 Å². The molecule has 0 atom stereocenters. The number of alkyl halides is 3. The molecule has 0 spiro atoms. The summed E-state index contributed by atoms with van der Waals surface area (Å²) in [5.41, 5.74) is 2.06. The second kappa shape index (κ2) is 10.7. The van der Waals surface area contributed by atoms with Crippen molar-refractivity contribution in [2.45, 2.75) is 32.6 Å². The molecule has 1 saturated heterocycles. The van der Waals surface area contributed by atoms with Gasteiger partial charge in [-0.1, -0.05) is 17.7 Å². The highest BCUT2D eigenvalue weighted by atomic mass is 35.5. The number of nitrogens with zero attached hydrogens (tertiary/aromatic N) is 7. The third-order valence-electron chi connectivity index (χ3n) is 5.88. The molecule has 1 aliphatic rings. The first-order valence-corrected chi connectivity index (χ1v) is 12.2. The first kappa shape index (κ1) is 27.2. The van der Waals surface area contributed by atoms with Crippen LogP contribution in [0.5, 0.6) is 0 Å². The summed E-state index contributed by atoms with van der Waals surface area (Å²) < 4.78 is 45.0. The Morgan fingerprint density at radius 3 is 2.58 bits per heavy atom. The Bertz CT molecular complexity index is 1600. The molecule has 0 saturated carbocycles. The molecule has 4 heterocycles. The Hall–Kier alpha value is -4.37. The quantitative estimate of drug-likeness (QED) is 0.343. The van der Waals surface area contributed by atoms with Crippen molar-refractivity contribution in [2.24, 2.45) is 0 Å². The number of carbonyl (C=O) groups excluding carboxylic acids is 2. The number of amides is 2. The van der Waals surface area contributed by atoms with Crippen molar-refractivity contribution in [3.8, 4) is 5.82 Å². The number of ether oxygens (including phenoxy) is 1. The van der Waals surface area contributed by atoms with E-state index in [1.807, 2.05) is 13.0 Å². The van der Waals surface area contributed by atoms with Gasteiger partial charge in [-0.2, -0.15) is 23.1 Å². The smallest absolute Gasteiger partial charge is 0.377 e. The molecule has 4 aromatic rings. The maximum atomic E-state index is 13.6. The number of aromatic nitrogens is 7. The van der Waals surface area contributed by atoms with E-state index in [1.54, 1.807) is 19.1 Å². The Balaban J connectivity index is 1.50. The van der Waals surface area contributed by atoms with Crippen molar-refractivity contribution in [1.82, 2.24) is 40.3 Å². The highest BCUT2D eigenvalue weighted by Crippen LogP contribution is 2.27. The van der Waals surface area contributed by atoms with E-state index >= 15 is 0 Å². The fourth-order valence-electron chi connectivity index (χ4n) is 4.00. The van der Waals surface area contributed by atoms with Crippen LogP contribution in [0.25, 0.3) is 5.82 Å². The van der Waals surface area contributed by atoms with Gasteiger partial charge >= 0.3 is 6.18 Å². The maximum Gasteiger partial charge on any atom is 0.455 e. The van der Waals surface area contributed by atoms with Gasteiger partial charge in [-0.05, 0) is 54.5 Å². The molecule has 12 nitrogen and oxygen atoms in total. The van der Waals surface area contributed by atoms with Crippen LogP contribution in [0.15, 0.2) is 36.5 Å². The number of tetrazole rings is 1. The van der Waals surface area contributed by atoms with Crippen LogP contribution >= 0.6 is 11.6 Å². The fraction of sp³-hybridized carbons (Fsp3) is 0.292. The van der Waals surface area contributed by atoms with Crippen LogP contribution in [0.2, 0.25) is 5.02 Å². The molecule has 40 heavy (non-hydrogen) atoms. The lowest BCUT2D eigenvalue weighted by Gasteiger charge is -2.27. The summed E-state index contributed by atoms with van der Waals surface area (Å²) in [6.45, 7) is 4.04. The van der Waals surface area contributed by atoms with Crippen molar-refractivity contribution in [1.29, 1.82) is 0 Å². The number of hydrogen-bond acceptors (Lipinski definition) is 8. The van der Waals surface area contributed by atoms with Gasteiger partial charge in [-0.25, -0.2) is 9.67 Å². The SMILES string of the molecule is Cc1cc(C)c(NC(=O)c2cc(Cn3nnc(C(F)(F)F)n3)nn2-c2ncccc2Cl)c(C(=O)NC2COC2)c1. The van der Waals surface area contributed by atoms with Crippen molar-refractivity contribution >= 4 is 29.1 Å². The number of aryl methyl sites for hydroxylation is 2. The third-order valence-corrected chi connectivity index (χ3v) is 6.17. The third kappa shape index (κ3) is 5.65. The molecule has 5 rings (SSSR count). The molecule has 0 bridgehead atoms. The number of hydrogen-bond donors (Lipinski definition) is 2. The van der Waals surface area contributed by atoms with Gasteiger partial charge in [-0.15, -0.1) is 10.2 Å². The number of carbonyl (C=O) groups is 2. The zero-order valence-corrected chi connectivity index (χ0v) is 21.8. The lowest BCUT2D eigenvalue weighted by molar-refractivity contribution is -0.145. The van der Waals surface area contributed by atoms with E-state index in [0.29, 0.717) is 23.6 Å². The highest BCUT2D eigenvalue weighted by molar-refractivity contribution is 6.32. The predicted molar refractivity (Wildman–Crippen MR) is 134 cm³/mol. The summed E-state index contributed by atoms with van der Waals surface area (Å²) in [7, 11) is 0. The summed E-state index contributed by atoms with van der Waals surface area (Å²) >= 11 is 6.31. The number of pyridine rings is 1. The number of rotatable bonds is 7. The van der Waals surface area contributed by atoms with Crippen molar-refractivity contribution in [3.63, 3.8) is 0 Å². The average Bonchev–Trinajstić information content (AvgIpc) is 3.51. The first-order valence-electron chi connectivity index (χ1n) is 11.9. The van der Waals surface area contributed by atoms with Crippen LogP contribution < -0.4 is 10.6 Å². The van der Waals surface area contributed by atoms with Gasteiger partial charge in [0.05, 0.1) is 41.2 Å². The zero-order valence-electron chi connectivity index (χ0n) is 21.0. The number of benzene rings is 1. The fourth-order valence-corrected chi connectivity index (χ4v) is 4.21. The lowest BCUT2D eigenvalue weighted by atomic mass is 10.0. The van der Waals surface area contributed by atoms with E-state index in [1.165, 1.54) is 18.3 Å². The van der Waals surface area contributed by atoms with E-state index in [0.717, 1.165) is 10.2 Å². The largest absolute Gasteiger partial charge is 0.455 e. The Kier molecular flexibility index (Phi) is 7.25. The minimum Gasteiger partial charge on any atom is -0.377 e. The molecule has 2 amide bonds. The predicted octanol–water partition coefficient (Wildman–Crippen LogP) is 2.97. The number of halogens is 4. The molecule has 2 N–H and O–H groups in total. The minimum absolute atomic E-state index is 0.0505. The summed E-state index contributed by atoms with van der Waals surface area (Å²) in [5, 5.41) is 19.9. The zero-order chi connectivity index (χ0) is 28.6. The van der Waals surface area contributed by atoms with Gasteiger partial charge in [0.1, 0.15) is 12.2 Å². The molecule has 1 aliphatic heterocycles. The van der Waals surface area contributed by atoms with Gasteiger partial charge in [0.2, 0.25) is 0 Å². The van der Waals surface area contributed by atoms with E-state index in [4.69, 9.17) is 16.3 Å². The van der Waals surface area contributed by atoms with Gasteiger partial charge in [0.15, 0.2) is 5.82 Å². The van der Waals surface area contributed by atoms with Crippen LogP contribution in [0.4, 0.5) is 18.9 Å². The lowest BCUT2D eigenvalue weighted by Crippen LogP contribution is -2.48. The van der Waals surface area contributed by atoms with Gasteiger partial charge in [0.25, 0.3) is 17.6 Å². The van der Waals surface area contributed by atoms with E-state index in [9.17, 15) is 22.8 Å². The maximum absolute atomic E-state index is 13.6.